The minimum Gasteiger partial charge on any atom is -0.325 e. The second kappa shape index (κ2) is 8.36. The van der Waals surface area contributed by atoms with Gasteiger partial charge in [0.15, 0.2) is 11.5 Å². The number of hydrogen-bond donors (Lipinski definition) is 1. The van der Waals surface area contributed by atoms with E-state index in [0.717, 1.165) is 0 Å². The zero-order chi connectivity index (χ0) is 20.4. The molecule has 2 aromatic heterocycles. The number of benzene rings is 2. The molecular formula is C19H12Cl2FN5OS. The van der Waals surface area contributed by atoms with Gasteiger partial charge in [-0.15, -0.1) is 10.2 Å². The van der Waals surface area contributed by atoms with Crippen LogP contribution in [-0.4, -0.2) is 31.5 Å². The molecule has 0 saturated heterocycles. The molecule has 0 radical (unpaired) electrons. The molecule has 0 unspecified atom stereocenters. The van der Waals surface area contributed by atoms with Gasteiger partial charge >= 0.3 is 0 Å². The summed E-state index contributed by atoms with van der Waals surface area (Å²) in [6.45, 7) is 0. The van der Waals surface area contributed by atoms with E-state index in [1.54, 1.807) is 47.0 Å². The number of amides is 1. The molecule has 0 saturated carbocycles. The second-order valence-electron chi connectivity index (χ2n) is 5.94. The van der Waals surface area contributed by atoms with Crippen molar-refractivity contribution >= 4 is 52.2 Å². The third kappa shape index (κ3) is 4.50. The van der Waals surface area contributed by atoms with Crippen molar-refractivity contribution in [1.29, 1.82) is 0 Å². The number of anilines is 1. The van der Waals surface area contributed by atoms with Gasteiger partial charge in [0, 0.05) is 11.3 Å². The lowest BCUT2D eigenvalue weighted by atomic mass is 10.2. The van der Waals surface area contributed by atoms with Crippen LogP contribution in [0.25, 0.3) is 17.0 Å². The summed E-state index contributed by atoms with van der Waals surface area (Å²) in [5.41, 5.74) is 1.80. The number of rotatable bonds is 5. The van der Waals surface area contributed by atoms with E-state index in [0.29, 0.717) is 37.8 Å². The van der Waals surface area contributed by atoms with Crippen LogP contribution in [0.15, 0.2) is 59.6 Å². The van der Waals surface area contributed by atoms with Crippen LogP contribution in [0.4, 0.5) is 10.1 Å². The Labute approximate surface area is 179 Å². The van der Waals surface area contributed by atoms with Gasteiger partial charge in [0.05, 0.1) is 15.8 Å². The number of carbonyl (C=O) groups is 1. The van der Waals surface area contributed by atoms with Crippen molar-refractivity contribution in [3.05, 3.63) is 70.5 Å². The van der Waals surface area contributed by atoms with Gasteiger partial charge in [-0.1, -0.05) is 35.0 Å². The molecule has 0 aliphatic heterocycles. The minimum absolute atomic E-state index is 0.146. The number of nitrogens with zero attached hydrogens (tertiary/aromatic N) is 4. The largest absolute Gasteiger partial charge is 0.325 e. The fourth-order valence-corrected chi connectivity index (χ4v) is 3.49. The van der Waals surface area contributed by atoms with Crippen molar-refractivity contribution in [3.63, 3.8) is 0 Å². The lowest BCUT2D eigenvalue weighted by Crippen LogP contribution is -2.14. The monoisotopic (exact) mass is 447 g/mol. The third-order valence-electron chi connectivity index (χ3n) is 3.90. The van der Waals surface area contributed by atoms with Gasteiger partial charge in [-0.3, -0.25) is 4.79 Å². The van der Waals surface area contributed by atoms with E-state index in [4.69, 9.17) is 23.2 Å². The van der Waals surface area contributed by atoms with Gasteiger partial charge in [-0.05, 0) is 54.6 Å². The molecule has 2 heterocycles. The number of hydrogen-bond acceptors (Lipinski definition) is 5. The van der Waals surface area contributed by atoms with Crippen molar-refractivity contribution in [2.75, 3.05) is 11.1 Å². The Morgan fingerprint density at radius 2 is 1.83 bits per heavy atom. The van der Waals surface area contributed by atoms with Crippen LogP contribution >= 0.6 is 35.0 Å². The van der Waals surface area contributed by atoms with Crippen molar-refractivity contribution in [2.24, 2.45) is 0 Å². The van der Waals surface area contributed by atoms with Crippen LogP contribution in [0.2, 0.25) is 10.0 Å². The lowest BCUT2D eigenvalue weighted by molar-refractivity contribution is -0.113. The zero-order valence-corrected chi connectivity index (χ0v) is 17.0. The lowest BCUT2D eigenvalue weighted by Gasteiger charge is -2.06. The molecule has 0 aliphatic rings. The molecule has 0 fully saturated rings. The normalized spacial score (nSPS) is 11.0. The van der Waals surface area contributed by atoms with Crippen LogP contribution in [-0.2, 0) is 4.79 Å². The first-order valence-electron chi connectivity index (χ1n) is 8.36. The molecule has 1 N–H and O–H groups in total. The fourth-order valence-electron chi connectivity index (χ4n) is 2.54. The highest BCUT2D eigenvalue weighted by Crippen LogP contribution is 2.25. The highest BCUT2D eigenvalue weighted by Gasteiger charge is 2.12. The molecule has 10 heteroatoms. The average molecular weight is 448 g/mol. The second-order valence-corrected chi connectivity index (χ2v) is 7.75. The fraction of sp³-hybridized carbons (Fsp3) is 0.0526. The van der Waals surface area contributed by atoms with Crippen molar-refractivity contribution < 1.29 is 9.18 Å². The Kier molecular flexibility index (Phi) is 5.66. The summed E-state index contributed by atoms with van der Waals surface area (Å²) < 4.78 is 14.7. The highest BCUT2D eigenvalue weighted by atomic mass is 35.5. The Hall–Kier alpha value is -2.68. The Bertz CT molecular complexity index is 1200. The standard InChI is InChI=1S/C19H12Cl2FN5OS/c20-14-6-5-13(9-15(14)21)23-17(28)10-29-18-8-7-16-24-25-19(27(16)26-18)11-1-3-12(22)4-2-11/h1-9H,10H2,(H,23,28). The number of nitrogens with one attached hydrogen (secondary N) is 1. The maximum absolute atomic E-state index is 13.2. The maximum Gasteiger partial charge on any atom is 0.234 e. The molecule has 4 aromatic rings. The molecule has 0 bridgehead atoms. The molecule has 29 heavy (non-hydrogen) atoms. The first-order valence-corrected chi connectivity index (χ1v) is 10.1. The summed E-state index contributed by atoms with van der Waals surface area (Å²) in [7, 11) is 0. The van der Waals surface area contributed by atoms with Crippen LogP contribution < -0.4 is 5.32 Å². The number of thioether (sulfide) groups is 1. The predicted molar refractivity (Wildman–Crippen MR) is 112 cm³/mol. The summed E-state index contributed by atoms with van der Waals surface area (Å²) in [6, 6.07) is 14.3. The Morgan fingerprint density at radius 3 is 2.59 bits per heavy atom. The van der Waals surface area contributed by atoms with E-state index in [9.17, 15) is 9.18 Å². The van der Waals surface area contributed by atoms with E-state index in [-0.39, 0.29) is 17.5 Å². The van der Waals surface area contributed by atoms with Crippen LogP contribution in [0, 0.1) is 5.82 Å². The quantitative estimate of drug-likeness (QED) is 0.437. The van der Waals surface area contributed by atoms with Crippen LogP contribution in [0.1, 0.15) is 0 Å². The topological polar surface area (TPSA) is 72.2 Å². The molecule has 0 aliphatic carbocycles. The van der Waals surface area contributed by atoms with Crippen LogP contribution in [0.3, 0.4) is 0 Å². The number of fused-ring (bicyclic) bond motifs is 1. The van der Waals surface area contributed by atoms with Gasteiger partial charge in [0.2, 0.25) is 5.91 Å². The smallest absolute Gasteiger partial charge is 0.234 e. The van der Waals surface area contributed by atoms with Gasteiger partial charge in [0.25, 0.3) is 0 Å². The molecule has 0 atom stereocenters. The molecule has 6 nitrogen and oxygen atoms in total. The van der Waals surface area contributed by atoms with E-state index in [1.807, 2.05) is 0 Å². The summed E-state index contributed by atoms with van der Waals surface area (Å²) in [4.78, 5) is 12.2. The summed E-state index contributed by atoms with van der Waals surface area (Å²) >= 11 is 13.1. The molecule has 1 amide bonds. The van der Waals surface area contributed by atoms with Crippen LogP contribution in [0.5, 0.6) is 0 Å². The molecular weight excluding hydrogens is 436 g/mol. The maximum atomic E-state index is 13.2. The van der Waals surface area contributed by atoms with Gasteiger partial charge in [-0.25, -0.2) is 4.39 Å². The first-order chi connectivity index (χ1) is 14.0. The predicted octanol–water partition coefficient (Wildman–Crippen LogP) is 4.97. The molecule has 0 spiro atoms. The number of halogens is 3. The van der Waals surface area contributed by atoms with Crippen molar-refractivity contribution in [1.82, 2.24) is 19.8 Å². The highest BCUT2D eigenvalue weighted by molar-refractivity contribution is 7.99. The Morgan fingerprint density at radius 1 is 1.03 bits per heavy atom. The minimum atomic E-state index is -0.334. The summed E-state index contributed by atoms with van der Waals surface area (Å²) in [5, 5.41) is 16.8. The molecule has 2 aromatic carbocycles. The van der Waals surface area contributed by atoms with E-state index < -0.39 is 0 Å². The summed E-state index contributed by atoms with van der Waals surface area (Å²) in [6.07, 6.45) is 0. The SMILES string of the molecule is O=C(CSc1ccc2nnc(-c3ccc(F)cc3)n2n1)Nc1ccc(Cl)c(Cl)c1. The Balaban J connectivity index is 1.48. The first kappa shape index (κ1) is 19.6. The van der Waals surface area contributed by atoms with Gasteiger partial charge in [0.1, 0.15) is 10.8 Å². The average Bonchev–Trinajstić information content (AvgIpc) is 3.13. The molecule has 4 rings (SSSR count). The zero-order valence-electron chi connectivity index (χ0n) is 14.6. The van der Waals surface area contributed by atoms with Crippen molar-refractivity contribution in [2.45, 2.75) is 5.03 Å². The van der Waals surface area contributed by atoms with E-state index in [2.05, 4.69) is 20.6 Å². The van der Waals surface area contributed by atoms with Gasteiger partial charge in [-0.2, -0.15) is 9.61 Å². The summed E-state index contributed by atoms with van der Waals surface area (Å²) in [5.74, 6) is 0.0903. The van der Waals surface area contributed by atoms with E-state index in [1.165, 1.54) is 23.9 Å². The van der Waals surface area contributed by atoms with Gasteiger partial charge < -0.3 is 5.32 Å². The van der Waals surface area contributed by atoms with Crippen molar-refractivity contribution in [3.8, 4) is 11.4 Å². The number of aromatic nitrogens is 4. The molecule has 146 valence electrons. The van der Waals surface area contributed by atoms with E-state index >= 15 is 0 Å². The number of carbonyl (C=O) groups excluding carboxylic acids is 1. The third-order valence-corrected chi connectivity index (χ3v) is 5.55.